The van der Waals surface area contributed by atoms with Gasteiger partial charge in [0.05, 0.1) is 12.8 Å². The van der Waals surface area contributed by atoms with Gasteiger partial charge in [-0.3, -0.25) is 0 Å². The van der Waals surface area contributed by atoms with Crippen molar-refractivity contribution in [2.45, 2.75) is 6.42 Å². The number of nitrogen functional groups attached to an aromatic ring is 1. The molecular formula is C15H17FN2O. The van der Waals surface area contributed by atoms with Crippen LogP contribution in [0.1, 0.15) is 5.56 Å². The van der Waals surface area contributed by atoms with Crippen molar-refractivity contribution in [2.75, 3.05) is 24.7 Å². The summed E-state index contributed by atoms with van der Waals surface area (Å²) >= 11 is 0. The van der Waals surface area contributed by atoms with Crippen LogP contribution >= 0.6 is 0 Å². The van der Waals surface area contributed by atoms with Gasteiger partial charge in [0.15, 0.2) is 0 Å². The highest BCUT2D eigenvalue weighted by atomic mass is 19.1. The third kappa shape index (κ3) is 3.61. The Labute approximate surface area is 112 Å². The molecule has 100 valence electrons. The Morgan fingerprint density at radius 3 is 2.79 bits per heavy atom. The van der Waals surface area contributed by atoms with E-state index in [9.17, 15) is 4.39 Å². The molecule has 0 aliphatic heterocycles. The van der Waals surface area contributed by atoms with Gasteiger partial charge in [0.1, 0.15) is 11.6 Å². The number of hydrogen-bond donors (Lipinski definition) is 2. The molecule has 0 aromatic heterocycles. The van der Waals surface area contributed by atoms with E-state index in [4.69, 9.17) is 10.5 Å². The first-order chi connectivity index (χ1) is 9.19. The molecule has 3 nitrogen and oxygen atoms in total. The molecule has 4 heteroatoms. The lowest BCUT2D eigenvalue weighted by Gasteiger charge is -2.09. The molecule has 19 heavy (non-hydrogen) atoms. The van der Waals surface area contributed by atoms with E-state index in [1.165, 1.54) is 6.07 Å². The third-order valence-corrected chi connectivity index (χ3v) is 2.86. The van der Waals surface area contributed by atoms with Crippen molar-refractivity contribution in [1.29, 1.82) is 0 Å². The number of anilines is 2. The van der Waals surface area contributed by atoms with Crippen molar-refractivity contribution in [3.05, 3.63) is 53.8 Å². The predicted octanol–water partition coefficient (Wildman–Crippen LogP) is 3.07. The van der Waals surface area contributed by atoms with Crippen molar-refractivity contribution < 1.29 is 9.13 Å². The van der Waals surface area contributed by atoms with E-state index in [0.717, 1.165) is 17.7 Å². The number of methoxy groups -OCH3 is 1. The van der Waals surface area contributed by atoms with E-state index >= 15 is 0 Å². The molecule has 2 aromatic rings. The Hall–Kier alpha value is -2.23. The fourth-order valence-corrected chi connectivity index (χ4v) is 1.84. The van der Waals surface area contributed by atoms with Crippen LogP contribution in [0.4, 0.5) is 15.8 Å². The highest BCUT2D eigenvalue weighted by Crippen LogP contribution is 2.17. The smallest absolute Gasteiger partial charge is 0.148 e. The van der Waals surface area contributed by atoms with Crippen molar-refractivity contribution in [2.24, 2.45) is 0 Å². The van der Waals surface area contributed by atoms with Crippen LogP contribution in [0.2, 0.25) is 0 Å². The van der Waals surface area contributed by atoms with E-state index < -0.39 is 0 Å². The maximum absolute atomic E-state index is 13.5. The SMILES string of the molecule is COc1cccc(CCNc2ccc(N)cc2F)c1. The summed E-state index contributed by atoms with van der Waals surface area (Å²) in [6.45, 7) is 0.647. The Kier molecular flexibility index (Phi) is 4.23. The highest BCUT2D eigenvalue weighted by Gasteiger charge is 2.02. The maximum atomic E-state index is 13.5. The topological polar surface area (TPSA) is 47.3 Å². The average Bonchev–Trinajstić information content (AvgIpc) is 2.41. The van der Waals surface area contributed by atoms with Gasteiger partial charge >= 0.3 is 0 Å². The second-order valence-electron chi connectivity index (χ2n) is 4.27. The Morgan fingerprint density at radius 2 is 2.05 bits per heavy atom. The van der Waals surface area contributed by atoms with E-state index in [1.807, 2.05) is 24.3 Å². The summed E-state index contributed by atoms with van der Waals surface area (Å²) in [6.07, 6.45) is 0.793. The summed E-state index contributed by atoms with van der Waals surface area (Å²) in [5, 5.41) is 3.05. The number of halogens is 1. The molecule has 0 radical (unpaired) electrons. The van der Waals surface area contributed by atoms with E-state index in [2.05, 4.69) is 5.32 Å². The average molecular weight is 260 g/mol. The second kappa shape index (κ2) is 6.09. The van der Waals surface area contributed by atoms with Crippen LogP contribution in [-0.2, 0) is 6.42 Å². The minimum Gasteiger partial charge on any atom is -0.497 e. The molecule has 0 unspecified atom stereocenters. The lowest BCUT2D eigenvalue weighted by molar-refractivity contribution is 0.414. The highest BCUT2D eigenvalue weighted by molar-refractivity contribution is 5.52. The molecular weight excluding hydrogens is 243 g/mol. The van der Waals surface area contributed by atoms with E-state index in [-0.39, 0.29) is 5.82 Å². The summed E-state index contributed by atoms with van der Waals surface area (Å²) in [4.78, 5) is 0. The van der Waals surface area contributed by atoms with E-state index in [0.29, 0.717) is 17.9 Å². The zero-order valence-electron chi connectivity index (χ0n) is 10.8. The van der Waals surface area contributed by atoms with Crippen LogP contribution in [0.5, 0.6) is 5.75 Å². The Balaban J connectivity index is 1.92. The number of rotatable bonds is 5. The maximum Gasteiger partial charge on any atom is 0.148 e. The first kappa shape index (κ1) is 13.2. The standard InChI is InChI=1S/C15H17FN2O/c1-19-13-4-2-3-11(9-13)7-8-18-15-6-5-12(17)10-14(15)16/h2-6,9-10,18H,7-8,17H2,1H3. The van der Waals surface area contributed by atoms with Crippen LogP contribution in [-0.4, -0.2) is 13.7 Å². The number of nitrogens with one attached hydrogen (secondary N) is 1. The van der Waals surface area contributed by atoms with Gasteiger partial charge in [-0.15, -0.1) is 0 Å². The summed E-state index contributed by atoms with van der Waals surface area (Å²) in [7, 11) is 1.64. The number of nitrogens with two attached hydrogens (primary N) is 1. The van der Waals surface area contributed by atoms with Gasteiger partial charge in [0, 0.05) is 12.2 Å². The van der Waals surface area contributed by atoms with Gasteiger partial charge in [-0.2, -0.15) is 0 Å². The molecule has 0 saturated carbocycles. The zero-order chi connectivity index (χ0) is 13.7. The Bertz CT molecular complexity index is 558. The molecule has 0 amide bonds. The van der Waals surface area contributed by atoms with Gasteiger partial charge < -0.3 is 15.8 Å². The monoisotopic (exact) mass is 260 g/mol. The summed E-state index contributed by atoms with van der Waals surface area (Å²) in [5.41, 5.74) is 7.54. The van der Waals surface area contributed by atoms with Crippen LogP contribution in [0.3, 0.4) is 0 Å². The fraction of sp³-hybridized carbons (Fsp3) is 0.200. The second-order valence-corrected chi connectivity index (χ2v) is 4.27. The van der Waals surface area contributed by atoms with Gasteiger partial charge in [-0.25, -0.2) is 4.39 Å². The fourth-order valence-electron chi connectivity index (χ4n) is 1.84. The molecule has 0 saturated heterocycles. The van der Waals surface area contributed by atoms with E-state index in [1.54, 1.807) is 19.2 Å². The quantitative estimate of drug-likeness (QED) is 0.812. The summed E-state index contributed by atoms with van der Waals surface area (Å²) < 4.78 is 18.7. The lowest BCUT2D eigenvalue weighted by atomic mass is 10.1. The number of hydrogen-bond acceptors (Lipinski definition) is 3. The molecule has 0 heterocycles. The predicted molar refractivity (Wildman–Crippen MR) is 76.0 cm³/mol. The van der Waals surface area contributed by atoms with Crippen molar-refractivity contribution in [1.82, 2.24) is 0 Å². The third-order valence-electron chi connectivity index (χ3n) is 2.86. The van der Waals surface area contributed by atoms with Crippen molar-refractivity contribution in [3.8, 4) is 5.75 Å². The first-order valence-corrected chi connectivity index (χ1v) is 6.11. The summed E-state index contributed by atoms with van der Waals surface area (Å²) in [5.74, 6) is 0.502. The molecule has 0 spiro atoms. The molecule has 0 fully saturated rings. The molecule has 0 atom stereocenters. The number of ether oxygens (including phenoxy) is 1. The van der Waals surface area contributed by atoms with Gasteiger partial charge in [0.2, 0.25) is 0 Å². The van der Waals surface area contributed by atoms with Crippen molar-refractivity contribution >= 4 is 11.4 Å². The zero-order valence-corrected chi connectivity index (χ0v) is 10.8. The molecule has 2 aromatic carbocycles. The molecule has 3 N–H and O–H groups in total. The Morgan fingerprint density at radius 1 is 1.21 bits per heavy atom. The normalized spacial score (nSPS) is 10.2. The first-order valence-electron chi connectivity index (χ1n) is 6.11. The minimum atomic E-state index is -0.328. The minimum absolute atomic E-state index is 0.328. The number of benzene rings is 2. The molecule has 0 aliphatic rings. The van der Waals surface area contributed by atoms with Gasteiger partial charge in [-0.05, 0) is 42.3 Å². The molecule has 0 bridgehead atoms. The summed E-state index contributed by atoms with van der Waals surface area (Å²) in [6, 6.07) is 12.5. The van der Waals surface area contributed by atoms with Crippen LogP contribution in [0, 0.1) is 5.82 Å². The molecule has 2 rings (SSSR count). The van der Waals surface area contributed by atoms with Gasteiger partial charge in [-0.1, -0.05) is 12.1 Å². The molecule has 0 aliphatic carbocycles. The van der Waals surface area contributed by atoms with Crippen LogP contribution in [0.15, 0.2) is 42.5 Å². The van der Waals surface area contributed by atoms with Gasteiger partial charge in [0.25, 0.3) is 0 Å². The van der Waals surface area contributed by atoms with Crippen LogP contribution < -0.4 is 15.8 Å². The lowest BCUT2D eigenvalue weighted by Crippen LogP contribution is -2.06. The van der Waals surface area contributed by atoms with Crippen LogP contribution in [0.25, 0.3) is 0 Å². The van der Waals surface area contributed by atoms with Crippen molar-refractivity contribution in [3.63, 3.8) is 0 Å². The largest absolute Gasteiger partial charge is 0.497 e.